The number of nitriles is 1. The molecule has 0 spiro atoms. The van der Waals surface area contributed by atoms with Gasteiger partial charge in [-0.3, -0.25) is 0 Å². The lowest BCUT2D eigenvalue weighted by Crippen LogP contribution is -2.20. The Morgan fingerprint density at radius 2 is 2.31 bits per heavy atom. The number of amides is 2. The second-order valence-electron chi connectivity index (χ2n) is 2.26. The van der Waals surface area contributed by atoms with Crippen LogP contribution in [0.1, 0.15) is 5.56 Å². The third kappa shape index (κ3) is 1.93. The highest BCUT2D eigenvalue weighted by Crippen LogP contribution is 2.16. The van der Waals surface area contributed by atoms with Crippen LogP contribution in [0.5, 0.6) is 0 Å². The Kier molecular flexibility index (Phi) is 2.45. The summed E-state index contributed by atoms with van der Waals surface area (Å²) in [6.45, 7) is 0. The van der Waals surface area contributed by atoms with Crippen LogP contribution < -0.4 is 11.1 Å². The van der Waals surface area contributed by atoms with Gasteiger partial charge in [-0.2, -0.15) is 5.26 Å². The fourth-order valence-electron chi connectivity index (χ4n) is 0.875. The average molecular weight is 179 g/mol. The van der Waals surface area contributed by atoms with Crippen molar-refractivity contribution in [1.29, 1.82) is 5.26 Å². The molecule has 1 rings (SSSR count). The van der Waals surface area contributed by atoms with Gasteiger partial charge in [-0.1, -0.05) is 6.07 Å². The van der Waals surface area contributed by atoms with Gasteiger partial charge in [0.15, 0.2) is 0 Å². The summed E-state index contributed by atoms with van der Waals surface area (Å²) in [5.41, 5.74) is 4.67. The van der Waals surface area contributed by atoms with Crippen molar-refractivity contribution < 1.29 is 9.18 Å². The molecule has 0 aliphatic carbocycles. The molecule has 2 amide bonds. The number of nitrogens with one attached hydrogen (secondary N) is 1. The molecular weight excluding hydrogens is 173 g/mol. The summed E-state index contributed by atoms with van der Waals surface area (Å²) in [6, 6.07) is 4.69. The number of nitrogens with two attached hydrogens (primary N) is 1. The summed E-state index contributed by atoms with van der Waals surface area (Å²) in [7, 11) is 0. The van der Waals surface area contributed by atoms with E-state index in [-0.39, 0.29) is 11.3 Å². The van der Waals surface area contributed by atoms with Crippen molar-refractivity contribution in [3.63, 3.8) is 0 Å². The van der Waals surface area contributed by atoms with Crippen molar-refractivity contribution in [3.05, 3.63) is 29.6 Å². The molecule has 1 aromatic carbocycles. The van der Waals surface area contributed by atoms with Crippen LogP contribution in [0.15, 0.2) is 18.2 Å². The van der Waals surface area contributed by atoms with Gasteiger partial charge in [0.05, 0.1) is 5.69 Å². The Labute approximate surface area is 73.8 Å². The summed E-state index contributed by atoms with van der Waals surface area (Å²) in [5, 5.41) is 10.7. The normalized spacial score (nSPS) is 8.92. The molecule has 0 bridgehead atoms. The fraction of sp³-hybridized carbons (Fsp3) is 0. The van der Waals surface area contributed by atoms with E-state index in [4.69, 9.17) is 11.0 Å². The minimum Gasteiger partial charge on any atom is -0.351 e. The molecule has 13 heavy (non-hydrogen) atoms. The zero-order valence-electron chi connectivity index (χ0n) is 6.54. The van der Waals surface area contributed by atoms with Crippen LogP contribution in [-0.4, -0.2) is 6.03 Å². The van der Waals surface area contributed by atoms with Crippen molar-refractivity contribution in [2.24, 2.45) is 5.73 Å². The van der Waals surface area contributed by atoms with Gasteiger partial charge >= 0.3 is 6.03 Å². The van der Waals surface area contributed by atoms with Crippen molar-refractivity contribution >= 4 is 11.7 Å². The number of primary amides is 1. The van der Waals surface area contributed by atoms with Crippen LogP contribution in [0.2, 0.25) is 0 Å². The van der Waals surface area contributed by atoms with Crippen LogP contribution in [0.3, 0.4) is 0 Å². The third-order valence-corrected chi connectivity index (χ3v) is 1.38. The van der Waals surface area contributed by atoms with Crippen LogP contribution in [0.4, 0.5) is 14.9 Å². The maximum absolute atomic E-state index is 12.9. The first-order chi connectivity index (χ1) is 6.15. The molecule has 0 saturated carbocycles. The van der Waals surface area contributed by atoms with E-state index in [0.717, 1.165) is 6.07 Å². The number of urea groups is 1. The topological polar surface area (TPSA) is 78.9 Å². The quantitative estimate of drug-likeness (QED) is 0.679. The molecule has 0 radical (unpaired) electrons. The van der Waals surface area contributed by atoms with Crippen LogP contribution in [-0.2, 0) is 0 Å². The monoisotopic (exact) mass is 179 g/mol. The number of rotatable bonds is 1. The van der Waals surface area contributed by atoms with Crippen LogP contribution in [0.25, 0.3) is 0 Å². The molecule has 3 N–H and O–H groups in total. The molecule has 0 fully saturated rings. The average Bonchev–Trinajstić information content (AvgIpc) is 2.03. The minimum atomic E-state index is -0.831. The minimum absolute atomic E-state index is 0.0787. The van der Waals surface area contributed by atoms with Gasteiger partial charge in [0.25, 0.3) is 0 Å². The number of carbonyl (C=O) groups is 1. The van der Waals surface area contributed by atoms with Crippen molar-refractivity contribution in [2.75, 3.05) is 5.32 Å². The van der Waals surface area contributed by atoms with E-state index < -0.39 is 11.8 Å². The number of halogens is 1. The zero-order valence-corrected chi connectivity index (χ0v) is 6.54. The molecule has 0 aliphatic rings. The summed E-state index contributed by atoms with van der Waals surface area (Å²) in [5.74, 6) is -0.686. The predicted octanol–water partition coefficient (Wildman–Crippen LogP) is 1.19. The smallest absolute Gasteiger partial charge is 0.316 e. The molecule has 0 atom stereocenters. The first-order valence-electron chi connectivity index (χ1n) is 3.40. The molecule has 5 heteroatoms. The number of anilines is 1. The van der Waals surface area contributed by atoms with Gasteiger partial charge in [0, 0.05) is 0 Å². The molecule has 0 saturated heterocycles. The number of nitrogens with zero attached hydrogens (tertiary/aromatic N) is 1. The highest BCUT2D eigenvalue weighted by molar-refractivity contribution is 5.89. The van der Waals surface area contributed by atoms with E-state index in [2.05, 4.69) is 5.32 Å². The molecule has 0 aliphatic heterocycles. The van der Waals surface area contributed by atoms with Crippen LogP contribution in [0, 0.1) is 17.1 Å². The Hall–Kier alpha value is -2.09. The molecule has 1 aromatic rings. The van der Waals surface area contributed by atoms with Crippen molar-refractivity contribution in [2.45, 2.75) is 0 Å². The first-order valence-corrected chi connectivity index (χ1v) is 3.40. The van der Waals surface area contributed by atoms with Crippen LogP contribution >= 0.6 is 0 Å². The Bertz CT molecular complexity index is 383. The van der Waals surface area contributed by atoms with E-state index in [1.165, 1.54) is 12.1 Å². The Morgan fingerprint density at radius 3 is 2.85 bits per heavy atom. The maximum atomic E-state index is 12.9. The lowest BCUT2D eigenvalue weighted by atomic mass is 10.2. The number of carbonyl (C=O) groups excluding carboxylic acids is 1. The SMILES string of the molecule is N#Cc1c(F)cccc1NC(N)=O. The highest BCUT2D eigenvalue weighted by atomic mass is 19.1. The van der Waals surface area contributed by atoms with Gasteiger partial charge in [-0.25, -0.2) is 9.18 Å². The Morgan fingerprint density at radius 1 is 1.62 bits per heavy atom. The summed E-state index contributed by atoms with van der Waals surface area (Å²) < 4.78 is 12.9. The molecule has 0 heterocycles. The van der Waals surface area contributed by atoms with E-state index in [9.17, 15) is 9.18 Å². The van der Waals surface area contributed by atoms with Gasteiger partial charge in [0.1, 0.15) is 17.4 Å². The van der Waals surface area contributed by atoms with Crippen molar-refractivity contribution in [3.8, 4) is 6.07 Å². The van der Waals surface area contributed by atoms with E-state index in [0.29, 0.717) is 0 Å². The summed E-state index contributed by atoms with van der Waals surface area (Å²) >= 11 is 0. The predicted molar refractivity (Wildman–Crippen MR) is 44.3 cm³/mol. The lowest BCUT2D eigenvalue weighted by molar-refractivity contribution is 0.259. The second kappa shape index (κ2) is 3.54. The second-order valence-corrected chi connectivity index (χ2v) is 2.26. The largest absolute Gasteiger partial charge is 0.351 e. The third-order valence-electron chi connectivity index (χ3n) is 1.38. The molecule has 0 unspecified atom stereocenters. The number of benzene rings is 1. The summed E-state index contributed by atoms with van der Waals surface area (Å²) in [6.07, 6.45) is 0. The van der Waals surface area contributed by atoms with Crippen molar-refractivity contribution in [1.82, 2.24) is 0 Å². The first kappa shape index (κ1) is 9.00. The molecule has 66 valence electrons. The fourth-order valence-corrected chi connectivity index (χ4v) is 0.875. The van der Waals surface area contributed by atoms with Gasteiger partial charge in [0.2, 0.25) is 0 Å². The van der Waals surface area contributed by atoms with E-state index in [1.54, 1.807) is 6.07 Å². The van der Waals surface area contributed by atoms with Gasteiger partial charge < -0.3 is 11.1 Å². The van der Waals surface area contributed by atoms with E-state index in [1.807, 2.05) is 0 Å². The van der Waals surface area contributed by atoms with E-state index >= 15 is 0 Å². The maximum Gasteiger partial charge on any atom is 0.316 e. The van der Waals surface area contributed by atoms with Gasteiger partial charge in [-0.15, -0.1) is 0 Å². The Balaban J connectivity index is 3.14. The molecule has 4 nitrogen and oxygen atoms in total. The highest BCUT2D eigenvalue weighted by Gasteiger charge is 2.07. The molecule has 0 aromatic heterocycles. The molecular formula is C8H6FN3O. The lowest BCUT2D eigenvalue weighted by Gasteiger charge is -2.03. The summed E-state index contributed by atoms with van der Waals surface area (Å²) in [4.78, 5) is 10.4. The number of hydrogen-bond acceptors (Lipinski definition) is 2. The zero-order chi connectivity index (χ0) is 9.84. The van der Waals surface area contributed by atoms with Gasteiger partial charge in [-0.05, 0) is 12.1 Å². The standard InChI is InChI=1S/C8H6FN3O/c9-6-2-1-3-7(5(6)4-10)12-8(11)13/h1-3H,(H3,11,12,13). The number of hydrogen-bond donors (Lipinski definition) is 2.